The lowest BCUT2D eigenvalue weighted by Crippen LogP contribution is -2.10. The molecule has 0 fully saturated rings. The molecule has 0 aliphatic carbocycles. The molecule has 8 heteroatoms. The van der Waals surface area contributed by atoms with E-state index in [1.54, 1.807) is 55.5 Å². The van der Waals surface area contributed by atoms with Crippen molar-refractivity contribution in [3.63, 3.8) is 0 Å². The summed E-state index contributed by atoms with van der Waals surface area (Å²) in [4.78, 5) is 24.6. The summed E-state index contributed by atoms with van der Waals surface area (Å²) in [5, 5.41) is 2.69. The van der Waals surface area contributed by atoms with Crippen LogP contribution in [0.25, 0.3) is 0 Å². The van der Waals surface area contributed by atoms with Gasteiger partial charge in [0.1, 0.15) is 4.21 Å². The van der Waals surface area contributed by atoms with Gasteiger partial charge in [0.2, 0.25) is 9.84 Å². The predicted octanol–water partition coefficient (Wildman–Crippen LogP) is 4.32. The SMILES string of the molecule is CCOC(=O)c1ccc(NC(=O)c2ccc(S(=O)(=O)c3ccc(C)cc3)s2)cc1. The fourth-order valence-electron chi connectivity index (χ4n) is 2.52. The molecule has 3 aromatic rings. The number of aryl methyl sites for hydroxylation is 1. The number of hydrogen-bond acceptors (Lipinski definition) is 6. The Morgan fingerprint density at radius 2 is 1.62 bits per heavy atom. The molecule has 0 spiro atoms. The Morgan fingerprint density at radius 1 is 0.966 bits per heavy atom. The van der Waals surface area contributed by atoms with E-state index in [1.807, 2.05) is 6.92 Å². The summed E-state index contributed by atoms with van der Waals surface area (Å²) in [7, 11) is -3.67. The van der Waals surface area contributed by atoms with Gasteiger partial charge in [0.15, 0.2) is 0 Å². The Hall–Kier alpha value is -2.97. The highest BCUT2D eigenvalue weighted by Crippen LogP contribution is 2.28. The highest BCUT2D eigenvalue weighted by Gasteiger charge is 2.21. The zero-order valence-electron chi connectivity index (χ0n) is 15.8. The first-order valence-corrected chi connectivity index (χ1v) is 11.1. The molecule has 0 atom stereocenters. The van der Waals surface area contributed by atoms with Crippen LogP contribution in [-0.4, -0.2) is 26.9 Å². The Bertz CT molecular complexity index is 1130. The van der Waals surface area contributed by atoms with Crippen molar-refractivity contribution in [2.45, 2.75) is 23.0 Å². The molecule has 1 amide bonds. The van der Waals surface area contributed by atoms with Crippen LogP contribution in [0.5, 0.6) is 0 Å². The Balaban J connectivity index is 1.74. The first-order valence-electron chi connectivity index (χ1n) is 8.81. The molecule has 3 rings (SSSR count). The molecular formula is C21H19NO5S2. The fraction of sp³-hybridized carbons (Fsp3) is 0.143. The number of amides is 1. The van der Waals surface area contributed by atoms with E-state index in [4.69, 9.17) is 4.74 Å². The van der Waals surface area contributed by atoms with Crippen molar-refractivity contribution < 1.29 is 22.7 Å². The summed E-state index contributed by atoms with van der Waals surface area (Å²) < 4.78 is 30.5. The standard InChI is InChI=1S/C21H19NO5S2/c1-3-27-21(24)15-6-8-16(9-7-15)22-20(23)18-12-13-19(28-18)29(25,26)17-10-4-14(2)5-11-17/h4-13H,3H2,1-2H3,(H,22,23). The van der Waals surface area contributed by atoms with Crippen molar-refractivity contribution in [1.82, 2.24) is 0 Å². The summed E-state index contributed by atoms with van der Waals surface area (Å²) in [6, 6.07) is 15.7. The van der Waals surface area contributed by atoms with Crippen molar-refractivity contribution in [2.75, 3.05) is 11.9 Å². The van der Waals surface area contributed by atoms with Gasteiger partial charge in [0.05, 0.1) is 21.9 Å². The normalized spacial score (nSPS) is 11.1. The molecule has 29 heavy (non-hydrogen) atoms. The van der Waals surface area contributed by atoms with E-state index in [0.717, 1.165) is 16.9 Å². The molecule has 0 bridgehead atoms. The molecule has 0 saturated carbocycles. The van der Waals surface area contributed by atoms with Gasteiger partial charge in [-0.2, -0.15) is 0 Å². The lowest BCUT2D eigenvalue weighted by atomic mass is 10.2. The average molecular weight is 430 g/mol. The maximum absolute atomic E-state index is 12.7. The fourth-order valence-corrected chi connectivity index (χ4v) is 5.12. The number of carbonyl (C=O) groups excluding carboxylic acids is 2. The van der Waals surface area contributed by atoms with Crippen LogP contribution < -0.4 is 5.32 Å². The molecule has 1 aromatic heterocycles. The zero-order chi connectivity index (χ0) is 21.0. The van der Waals surface area contributed by atoms with Gasteiger partial charge in [0, 0.05) is 5.69 Å². The summed E-state index contributed by atoms with van der Waals surface area (Å²) in [5.74, 6) is -0.862. The Morgan fingerprint density at radius 3 is 2.24 bits per heavy atom. The number of anilines is 1. The highest BCUT2D eigenvalue weighted by molar-refractivity contribution is 7.93. The number of nitrogens with one attached hydrogen (secondary N) is 1. The van der Waals surface area contributed by atoms with Crippen LogP contribution in [0.2, 0.25) is 0 Å². The van der Waals surface area contributed by atoms with Gasteiger partial charge >= 0.3 is 5.97 Å². The maximum atomic E-state index is 12.7. The van der Waals surface area contributed by atoms with Crippen LogP contribution in [0.15, 0.2) is 69.8 Å². The van der Waals surface area contributed by atoms with E-state index in [-0.39, 0.29) is 20.6 Å². The van der Waals surface area contributed by atoms with Crippen LogP contribution in [0, 0.1) is 6.92 Å². The number of carbonyl (C=O) groups is 2. The summed E-state index contributed by atoms with van der Waals surface area (Å²) >= 11 is 0.907. The summed E-state index contributed by atoms with van der Waals surface area (Å²) in [6.07, 6.45) is 0. The molecule has 0 aliphatic rings. The monoisotopic (exact) mass is 429 g/mol. The second kappa shape index (κ2) is 8.59. The van der Waals surface area contributed by atoms with E-state index in [9.17, 15) is 18.0 Å². The van der Waals surface area contributed by atoms with Gasteiger partial charge < -0.3 is 10.1 Å². The number of hydrogen-bond donors (Lipinski definition) is 1. The molecule has 6 nitrogen and oxygen atoms in total. The number of rotatable bonds is 6. The van der Waals surface area contributed by atoms with Gasteiger partial charge in [-0.15, -0.1) is 11.3 Å². The second-order valence-electron chi connectivity index (χ2n) is 6.19. The molecule has 150 valence electrons. The summed E-state index contributed by atoms with van der Waals surface area (Å²) in [5.41, 5.74) is 1.83. The van der Waals surface area contributed by atoms with Crippen LogP contribution in [-0.2, 0) is 14.6 Å². The molecule has 0 unspecified atom stereocenters. The maximum Gasteiger partial charge on any atom is 0.338 e. The molecule has 2 aromatic carbocycles. The van der Waals surface area contributed by atoms with Gasteiger partial charge in [0.25, 0.3) is 5.91 Å². The number of ether oxygens (including phenoxy) is 1. The number of esters is 1. The first-order chi connectivity index (χ1) is 13.8. The minimum absolute atomic E-state index is 0.101. The highest BCUT2D eigenvalue weighted by atomic mass is 32.2. The third kappa shape index (κ3) is 4.72. The Labute approximate surface area is 173 Å². The molecule has 0 saturated heterocycles. The minimum atomic E-state index is -3.67. The van der Waals surface area contributed by atoms with E-state index in [1.165, 1.54) is 12.1 Å². The number of sulfone groups is 1. The van der Waals surface area contributed by atoms with Crippen molar-refractivity contribution in [1.29, 1.82) is 0 Å². The molecule has 1 N–H and O–H groups in total. The average Bonchev–Trinajstić information content (AvgIpc) is 3.20. The molecule has 1 heterocycles. The third-order valence-electron chi connectivity index (χ3n) is 4.06. The third-order valence-corrected chi connectivity index (χ3v) is 7.40. The smallest absolute Gasteiger partial charge is 0.338 e. The molecular weight excluding hydrogens is 410 g/mol. The lowest BCUT2D eigenvalue weighted by Gasteiger charge is -2.05. The van der Waals surface area contributed by atoms with Crippen LogP contribution in [0.4, 0.5) is 5.69 Å². The number of thiophene rings is 1. The lowest BCUT2D eigenvalue weighted by molar-refractivity contribution is 0.0526. The van der Waals surface area contributed by atoms with Crippen molar-refractivity contribution >= 4 is 38.7 Å². The van der Waals surface area contributed by atoms with E-state index in [0.29, 0.717) is 11.3 Å². The first kappa shape index (κ1) is 20.8. The topological polar surface area (TPSA) is 89.5 Å². The van der Waals surface area contributed by atoms with Crippen molar-refractivity contribution in [3.8, 4) is 0 Å². The largest absolute Gasteiger partial charge is 0.462 e. The summed E-state index contributed by atoms with van der Waals surface area (Å²) in [6.45, 7) is 3.88. The van der Waals surface area contributed by atoms with Gasteiger partial charge in [-0.3, -0.25) is 4.79 Å². The van der Waals surface area contributed by atoms with Gasteiger partial charge in [-0.05, 0) is 62.4 Å². The minimum Gasteiger partial charge on any atom is -0.462 e. The quantitative estimate of drug-likeness (QED) is 0.590. The van der Waals surface area contributed by atoms with Crippen LogP contribution >= 0.6 is 11.3 Å². The Kier molecular flexibility index (Phi) is 6.14. The van der Waals surface area contributed by atoms with Crippen molar-refractivity contribution in [2.24, 2.45) is 0 Å². The van der Waals surface area contributed by atoms with Crippen molar-refractivity contribution in [3.05, 3.63) is 76.7 Å². The predicted molar refractivity (Wildman–Crippen MR) is 111 cm³/mol. The van der Waals surface area contributed by atoms with Gasteiger partial charge in [-0.25, -0.2) is 13.2 Å². The van der Waals surface area contributed by atoms with Gasteiger partial charge in [-0.1, -0.05) is 17.7 Å². The zero-order valence-corrected chi connectivity index (χ0v) is 17.5. The van der Waals surface area contributed by atoms with Crippen LogP contribution in [0.1, 0.15) is 32.5 Å². The van der Waals surface area contributed by atoms with Crippen LogP contribution in [0.3, 0.4) is 0 Å². The van der Waals surface area contributed by atoms with E-state index >= 15 is 0 Å². The molecule has 0 radical (unpaired) electrons. The second-order valence-corrected chi connectivity index (χ2v) is 9.45. The molecule has 0 aliphatic heterocycles. The van der Waals surface area contributed by atoms with E-state index < -0.39 is 21.7 Å². The number of benzene rings is 2. The van der Waals surface area contributed by atoms with E-state index in [2.05, 4.69) is 5.32 Å².